The van der Waals surface area contributed by atoms with E-state index in [2.05, 4.69) is 0 Å². The number of hydrogen-bond donors (Lipinski definition) is 2. The van der Waals surface area contributed by atoms with Gasteiger partial charge in [-0.3, -0.25) is 4.79 Å². The SMILES string of the molecule is O=C(O)Cc1cccc(/C=C\O)c1. The van der Waals surface area contributed by atoms with Crippen molar-refractivity contribution in [3.05, 3.63) is 41.7 Å². The highest BCUT2D eigenvalue weighted by atomic mass is 16.4. The van der Waals surface area contributed by atoms with Crippen molar-refractivity contribution < 1.29 is 15.0 Å². The van der Waals surface area contributed by atoms with Gasteiger partial charge in [-0.2, -0.15) is 0 Å². The number of rotatable bonds is 3. The molecule has 3 heteroatoms. The van der Waals surface area contributed by atoms with Crippen LogP contribution in [0.5, 0.6) is 0 Å². The molecule has 68 valence electrons. The highest BCUT2D eigenvalue weighted by Crippen LogP contribution is 2.07. The lowest BCUT2D eigenvalue weighted by atomic mass is 10.1. The summed E-state index contributed by atoms with van der Waals surface area (Å²) in [4.78, 5) is 10.4. The summed E-state index contributed by atoms with van der Waals surface area (Å²) in [6.07, 6.45) is 2.44. The Balaban J connectivity index is 2.85. The molecule has 0 amide bonds. The lowest BCUT2D eigenvalue weighted by Gasteiger charge is -1.97. The second kappa shape index (κ2) is 4.30. The number of aliphatic hydroxyl groups is 1. The molecular formula is C10H10O3. The molecule has 0 unspecified atom stereocenters. The molecule has 0 bridgehead atoms. The van der Waals surface area contributed by atoms with Crippen molar-refractivity contribution in [1.82, 2.24) is 0 Å². The molecule has 0 aliphatic rings. The molecule has 0 fully saturated rings. The van der Waals surface area contributed by atoms with Crippen molar-refractivity contribution >= 4 is 12.0 Å². The fourth-order valence-corrected chi connectivity index (χ4v) is 1.07. The maximum absolute atomic E-state index is 10.4. The van der Waals surface area contributed by atoms with Crippen LogP contribution in [0.15, 0.2) is 30.5 Å². The van der Waals surface area contributed by atoms with Gasteiger partial charge in [0.2, 0.25) is 0 Å². The van der Waals surface area contributed by atoms with Crippen LogP contribution >= 0.6 is 0 Å². The lowest BCUT2D eigenvalue weighted by Crippen LogP contribution is -1.99. The van der Waals surface area contributed by atoms with Gasteiger partial charge in [0, 0.05) is 0 Å². The fraction of sp³-hybridized carbons (Fsp3) is 0.100. The first-order chi connectivity index (χ1) is 6.22. The van der Waals surface area contributed by atoms with E-state index in [1.54, 1.807) is 24.3 Å². The number of hydrogen-bond acceptors (Lipinski definition) is 2. The molecule has 3 nitrogen and oxygen atoms in total. The van der Waals surface area contributed by atoms with E-state index in [-0.39, 0.29) is 6.42 Å². The summed E-state index contributed by atoms with van der Waals surface area (Å²) in [5.74, 6) is -0.856. The van der Waals surface area contributed by atoms with Crippen LogP contribution in [0.1, 0.15) is 11.1 Å². The normalized spacial score (nSPS) is 10.5. The minimum Gasteiger partial charge on any atom is -0.516 e. The number of carbonyl (C=O) groups is 1. The van der Waals surface area contributed by atoms with Crippen molar-refractivity contribution in [2.24, 2.45) is 0 Å². The number of carboxylic acids is 1. The number of benzene rings is 1. The molecule has 0 aromatic heterocycles. The average molecular weight is 178 g/mol. The van der Waals surface area contributed by atoms with Crippen molar-refractivity contribution in [2.75, 3.05) is 0 Å². The van der Waals surface area contributed by atoms with Crippen LogP contribution in [-0.4, -0.2) is 16.2 Å². The maximum atomic E-state index is 10.4. The summed E-state index contributed by atoms with van der Waals surface area (Å²) in [6, 6.07) is 7.01. The molecule has 1 aromatic rings. The van der Waals surface area contributed by atoms with Crippen LogP contribution in [0.3, 0.4) is 0 Å². The lowest BCUT2D eigenvalue weighted by molar-refractivity contribution is -0.136. The predicted octanol–water partition coefficient (Wildman–Crippen LogP) is 1.84. The van der Waals surface area contributed by atoms with Crippen molar-refractivity contribution in [2.45, 2.75) is 6.42 Å². The number of aliphatic hydroxyl groups excluding tert-OH is 1. The fourth-order valence-electron chi connectivity index (χ4n) is 1.07. The Morgan fingerprint density at radius 1 is 1.46 bits per heavy atom. The van der Waals surface area contributed by atoms with Gasteiger partial charge >= 0.3 is 5.97 Å². The van der Waals surface area contributed by atoms with E-state index in [0.29, 0.717) is 0 Å². The first-order valence-electron chi connectivity index (χ1n) is 3.84. The Morgan fingerprint density at radius 2 is 2.23 bits per heavy atom. The van der Waals surface area contributed by atoms with Gasteiger partial charge in [0.25, 0.3) is 0 Å². The average Bonchev–Trinajstić information content (AvgIpc) is 2.04. The quantitative estimate of drug-likeness (QED) is 0.694. The van der Waals surface area contributed by atoms with E-state index in [1.807, 2.05) is 0 Å². The topological polar surface area (TPSA) is 57.5 Å². The monoisotopic (exact) mass is 178 g/mol. The molecular weight excluding hydrogens is 168 g/mol. The molecule has 1 rings (SSSR count). The van der Waals surface area contributed by atoms with Crippen molar-refractivity contribution in [3.8, 4) is 0 Å². The third-order valence-electron chi connectivity index (χ3n) is 1.57. The molecule has 0 saturated heterocycles. The molecule has 0 aliphatic heterocycles. The Labute approximate surface area is 76.0 Å². The largest absolute Gasteiger partial charge is 0.516 e. The minimum atomic E-state index is -0.856. The van der Waals surface area contributed by atoms with E-state index in [0.717, 1.165) is 17.4 Å². The van der Waals surface area contributed by atoms with Gasteiger partial charge in [-0.15, -0.1) is 0 Å². The van der Waals surface area contributed by atoms with Gasteiger partial charge in [0.1, 0.15) is 0 Å². The number of aliphatic carboxylic acids is 1. The molecule has 0 heterocycles. The molecule has 2 N–H and O–H groups in total. The molecule has 1 aromatic carbocycles. The minimum absolute atomic E-state index is 0.00705. The third-order valence-corrected chi connectivity index (χ3v) is 1.57. The standard InChI is InChI=1S/C10H10O3/c11-5-4-8-2-1-3-9(6-8)7-10(12)13/h1-6,11H,7H2,(H,12,13)/b5-4-. The van der Waals surface area contributed by atoms with Gasteiger partial charge in [0.15, 0.2) is 0 Å². The van der Waals surface area contributed by atoms with E-state index in [1.165, 1.54) is 6.08 Å². The molecule has 0 radical (unpaired) electrons. The highest BCUT2D eigenvalue weighted by molar-refractivity contribution is 5.70. The van der Waals surface area contributed by atoms with Gasteiger partial charge in [0.05, 0.1) is 12.7 Å². The third kappa shape index (κ3) is 2.99. The van der Waals surface area contributed by atoms with Crippen LogP contribution in [0, 0.1) is 0 Å². The summed E-state index contributed by atoms with van der Waals surface area (Å²) >= 11 is 0. The zero-order valence-electron chi connectivity index (χ0n) is 6.97. The smallest absolute Gasteiger partial charge is 0.307 e. The predicted molar refractivity (Wildman–Crippen MR) is 49.4 cm³/mol. The summed E-state index contributed by atoms with van der Waals surface area (Å²) in [5.41, 5.74) is 1.52. The Kier molecular flexibility index (Phi) is 3.09. The van der Waals surface area contributed by atoms with E-state index in [4.69, 9.17) is 10.2 Å². The second-order valence-corrected chi connectivity index (χ2v) is 2.63. The Bertz CT molecular complexity index is 329. The van der Waals surface area contributed by atoms with E-state index >= 15 is 0 Å². The van der Waals surface area contributed by atoms with Crippen LogP contribution in [0.2, 0.25) is 0 Å². The van der Waals surface area contributed by atoms with E-state index in [9.17, 15) is 4.79 Å². The van der Waals surface area contributed by atoms with E-state index < -0.39 is 5.97 Å². The summed E-state index contributed by atoms with van der Waals surface area (Å²) in [6.45, 7) is 0. The zero-order valence-corrected chi connectivity index (χ0v) is 6.97. The molecule has 0 atom stereocenters. The molecule has 13 heavy (non-hydrogen) atoms. The van der Waals surface area contributed by atoms with Crippen LogP contribution in [-0.2, 0) is 11.2 Å². The molecule has 0 spiro atoms. The maximum Gasteiger partial charge on any atom is 0.307 e. The summed E-state index contributed by atoms with van der Waals surface area (Å²) in [7, 11) is 0. The van der Waals surface area contributed by atoms with Gasteiger partial charge in [-0.25, -0.2) is 0 Å². The second-order valence-electron chi connectivity index (χ2n) is 2.63. The summed E-state index contributed by atoms with van der Waals surface area (Å²) < 4.78 is 0. The Morgan fingerprint density at radius 3 is 2.85 bits per heavy atom. The van der Waals surface area contributed by atoms with Crippen molar-refractivity contribution in [1.29, 1.82) is 0 Å². The van der Waals surface area contributed by atoms with Crippen LogP contribution in [0.4, 0.5) is 0 Å². The first-order valence-corrected chi connectivity index (χ1v) is 3.84. The first kappa shape index (κ1) is 9.32. The highest BCUT2D eigenvalue weighted by Gasteiger charge is 1.99. The van der Waals surface area contributed by atoms with Gasteiger partial charge in [-0.05, 0) is 17.2 Å². The van der Waals surface area contributed by atoms with Gasteiger partial charge in [-0.1, -0.05) is 24.3 Å². The van der Waals surface area contributed by atoms with Gasteiger partial charge < -0.3 is 10.2 Å². The molecule has 0 aliphatic carbocycles. The Hall–Kier alpha value is -1.77. The number of carboxylic acid groups (broad SMARTS) is 1. The van der Waals surface area contributed by atoms with Crippen LogP contribution in [0.25, 0.3) is 6.08 Å². The summed E-state index contributed by atoms with van der Waals surface area (Å²) in [5, 5.41) is 17.0. The molecule has 0 saturated carbocycles. The van der Waals surface area contributed by atoms with Crippen LogP contribution < -0.4 is 0 Å². The zero-order chi connectivity index (χ0) is 9.68. The van der Waals surface area contributed by atoms with Crippen molar-refractivity contribution in [3.63, 3.8) is 0 Å².